The summed E-state index contributed by atoms with van der Waals surface area (Å²) in [4.78, 5) is 106. The molecule has 0 radical (unpaired) electrons. The Labute approximate surface area is 363 Å². The number of nitrogen functional groups attached to an aromatic ring is 1. The Kier molecular flexibility index (Phi) is 13.6. The van der Waals surface area contributed by atoms with Gasteiger partial charge in [0.15, 0.2) is 28.5 Å². The van der Waals surface area contributed by atoms with Crippen LogP contribution in [0.5, 0.6) is 0 Å². The summed E-state index contributed by atoms with van der Waals surface area (Å²) in [5, 5.41) is 18.4. The van der Waals surface area contributed by atoms with Crippen molar-refractivity contribution in [3.63, 3.8) is 0 Å². The summed E-state index contributed by atoms with van der Waals surface area (Å²) in [5.41, 5.74) is 7.53. The molecule has 0 spiro atoms. The van der Waals surface area contributed by atoms with E-state index in [0.717, 1.165) is 5.56 Å². The fourth-order valence-corrected chi connectivity index (χ4v) is 10.4. The van der Waals surface area contributed by atoms with Crippen LogP contribution >= 0.6 is 21.6 Å². The fraction of sp³-hybridized carbons (Fsp3) is 0.463. The number of fused-ring (bicyclic) bond motifs is 5. The predicted molar refractivity (Wildman–Crippen MR) is 229 cm³/mol. The number of benzene rings is 1. The lowest BCUT2D eigenvalue weighted by atomic mass is 9.83. The smallest absolute Gasteiger partial charge is 0.327 e. The molecule has 4 aliphatic rings. The Morgan fingerprint density at radius 3 is 2.56 bits per heavy atom. The SMILES string of the molecule is CO[C@@]12[C@H](OCC(C)=O)C3=C(C(=O)C(C)=C(CCCSSC[C@@H](NC(=O)CCCNC(=O)c4ccc(CCc5cnc6nc(N)[nH]c(=O)c6n5)cc4)C(=O)O)C3=O)N1C[C@@H]1N[C@@H]12. The zero-order chi connectivity index (χ0) is 44.3. The van der Waals surface area contributed by atoms with Crippen molar-refractivity contribution in [3.05, 3.63) is 80.1 Å². The van der Waals surface area contributed by atoms with E-state index < -0.39 is 35.3 Å². The first kappa shape index (κ1) is 44.6. The Balaban J connectivity index is 0.802. The van der Waals surface area contributed by atoms with Crippen molar-refractivity contribution < 1.29 is 43.3 Å². The van der Waals surface area contributed by atoms with Gasteiger partial charge in [-0.3, -0.25) is 33.8 Å². The molecule has 1 aliphatic carbocycles. The van der Waals surface area contributed by atoms with E-state index in [1.54, 1.807) is 25.3 Å². The number of aromatic nitrogens is 4. The topological polar surface area (TPSA) is 288 Å². The number of nitrogens with one attached hydrogen (secondary N) is 4. The number of carboxylic acid groups (broad SMARTS) is 1. The van der Waals surface area contributed by atoms with Crippen molar-refractivity contribution in [2.24, 2.45) is 0 Å². The molecule has 0 unspecified atom stereocenters. The first-order valence-electron chi connectivity index (χ1n) is 20.1. The Hall–Kier alpha value is -5.48. The van der Waals surface area contributed by atoms with Crippen LogP contribution in [-0.2, 0) is 46.3 Å². The van der Waals surface area contributed by atoms with E-state index in [4.69, 9.17) is 15.2 Å². The van der Waals surface area contributed by atoms with Crippen molar-refractivity contribution in [1.29, 1.82) is 0 Å². The summed E-state index contributed by atoms with van der Waals surface area (Å²) < 4.78 is 12.0. The maximum Gasteiger partial charge on any atom is 0.327 e. The average Bonchev–Trinajstić information content (AvgIpc) is 3.86. The van der Waals surface area contributed by atoms with Crippen LogP contribution < -0.4 is 27.2 Å². The summed E-state index contributed by atoms with van der Waals surface area (Å²) in [6.45, 7) is 3.50. The normalized spacial score (nSPS) is 21.8. The van der Waals surface area contributed by atoms with Crippen LogP contribution in [0, 0.1) is 0 Å². The van der Waals surface area contributed by atoms with Crippen LogP contribution in [0.2, 0.25) is 0 Å². The number of hydrogen-bond donors (Lipinski definition) is 6. The van der Waals surface area contributed by atoms with Crippen molar-refractivity contribution in [1.82, 2.24) is 40.8 Å². The van der Waals surface area contributed by atoms with E-state index in [-0.39, 0.29) is 89.0 Å². The van der Waals surface area contributed by atoms with Crippen LogP contribution in [0.4, 0.5) is 5.95 Å². The molecular weight excluding hydrogens is 843 g/mol. The number of rotatable bonds is 21. The number of amides is 2. The molecule has 3 aromatic rings. The molecule has 2 aromatic heterocycles. The molecule has 7 rings (SSSR count). The number of nitrogens with zero attached hydrogens (tertiary/aromatic N) is 4. The van der Waals surface area contributed by atoms with Crippen LogP contribution in [0.3, 0.4) is 0 Å². The molecule has 2 saturated heterocycles. The zero-order valence-electron chi connectivity index (χ0n) is 34.3. The average molecular weight is 890 g/mol. The van der Waals surface area contributed by atoms with Gasteiger partial charge in [0.05, 0.1) is 29.2 Å². The molecule has 0 bridgehead atoms. The maximum atomic E-state index is 14.0. The molecule has 62 heavy (non-hydrogen) atoms. The second kappa shape index (κ2) is 18.9. The molecule has 2 fully saturated rings. The number of hydrogen-bond acceptors (Lipinski definition) is 17. The van der Waals surface area contributed by atoms with Gasteiger partial charge >= 0.3 is 5.97 Å². The number of carboxylic acids is 1. The van der Waals surface area contributed by atoms with Crippen molar-refractivity contribution in [2.45, 2.75) is 82.3 Å². The Morgan fingerprint density at radius 2 is 1.84 bits per heavy atom. The lowest BCUT2D eigenvalue weighted by Crippen LogP contribution is -2.57. The zero-order valence-corrected chi connectivity index (χ0v) is 35.9. The minimum atomic E-state index is -1.18. The largest absolute Gasteiger partial charge is 0.480 e. The summed E-state index contributed by atoms with van der Waals surface area (Å²) in [7, 11) is 4.20. The van der Waals surface area contributed by atoms with Gasteiger partial charge in [0.1, 0.15) is 18.8 Å². The van der Waals surface area contributed by atoms with Crippen LogP contribution in [0.1, 0.15) is 61.1 Å². The minimum absolute atomic E-state index is 0.00874. The highest BCUT2D eigenvalue weighted by atomic mass is 33.1. The van der Waals surface area contributed by atoms with Crippen molar-refractivity contribution in [2.75, 3.05) is 44.0 Å². The fourth-order valence-electron chi connectivity index (χ4n) is 8.13. The van der Waals surface area contributed by atoms with Gasteiger partial charge in [-0.2, -0.15) is 4.98 Å². The van der Waals surface area contributed by atoms with Gasteiger partial charge in [-0.1, -0.05) is 33.7 Å². The monoisotopic (exact) mass is 889 g/mol. The third-order valence-corrected chi connectivity index (χ3v) is 13.7. The molecule has 21 heteroatoms. The summed E-state index contributed by atoms with van der Waals surface area (Å²) in [6, 6.07) is 5.83. The quantitative estimate of drug-likeness (QED) is 0.0377. The number of aryl methyl sites for hydroxylation is 2. The second-order valence-corrected chi connectivity index (χ2v) is 18.1. The molecule has 1 aromatic carbocycles. The molecule has 3 aliphatic heterocycles. The molecule has 328 valence electrons. The number of methoxy groups -OCH3 is 1. The summed E-state index contributed by atoms with van der Waals surface area (Å²) in [5.74, 6) is -2.11. The number of ketones is 3. The summed E-state index contributed by atoms with van der Waals surface area (Å²) in [6.07, 6.45) is 2.86. The van der Waals surface area contributed by atoms with E-state index in [0.29, 0.717) is 66.8 Å². The molecule has 5 heterocycles. The predicted octanol–water partition coefficient (Wildman–Crippen LogP) is 1.03. The molecule has 2 amide bonds. The van der Waals surface area contributed by atoms with Gasteiger partial charge in [-0.05, 0) is 63.6 Å². The molecule has 5 atom stereocenters. The van der Waals surface area contributed by atoms with Gasteiger partial charge in [0.25, 0.3) is 11.5 Å². The molecule has 0 saturated carbocycles. The number of nitrogens with two attached hydrogens (primary N) is 1. The van der Waals surface area contributed by atoms with Crippen LogP contribution in [0.15, 0.2) is 57.7 Å². The Morgan fingerprint density at radius 1 is 1.06 bits per heavy atom. The van der Waals surface area contributed by atoms with E-state index in [1.807, 2.05) is 17.0 Å². The van der Waals surface area contributed by atoms with Gasteiger partial charge in [-0.25, -0.2) is 14.8 Å². The maximum absolute atomic E-state index is 14.0. The molecule has 7 N–H and O–H groups in total. The number of Topliss-reactive ketones (excluding diaryl/α,β-unsaturated/α-hetero) is 3. The molecular formula is C41H47N9O10S2. The van der Waals surface area contributed by atoms with Crippen molar-refractivity contribution in [3.8, 4) is 0 Å². The second-order valence-electron chi connectivity index (χ2n) is 15.4. The highest BCUT2D eigenvalue weighted by molar-refractivity contribution is 8.76. The highest BCUT2D eigenvalue weighted by Gasteiger charge is 2.73. The lowest BCUT2D eigenvalue weighted by Gasteiger charge is -2.39. The number of aromatic amines is 1. The third-order valence-electron chi connectivity index (χ3n) is 11.2. The number of ether oxygens (including phenoxy) is 2. The number of aliphatic carboxylic acids is 1. The number of piperazine rings is 1. The number of carbonyl (C=O) groups is 6. The van der Waals surface area contributed by atoms with Crippen LogP contribution in [0.25, 0.3) is 11.2 Å². The number of anilines is 1. The van der Waals surface area contributed by atoms with E-state index >= 15 is 0 Å². The minimum Gasteiger partial charge on any atom is -0.480 e. The lowest BCUT2D eigenvalue weighted by molar-refractivity contribution is -0.169. The first-order chi connectivity index (χ1) is 29.7. The third kappa shape index (κ3) is 9.17. The van der Waals surface area contributed by atoms with Crippen molar-refractivity contribution >= 4 is 73.8 Å². The highest BCUT2D eigenvalue weighted by Crippen LogP contribution is 2.54. The van der Waals surface area contributed by atoms with Gasteiger partial charge in [0, 0.05) is 60.9 Å². The number of allylic oxidation sites excluding steroid dienone is 2. The van der Waals surface area contributed by atoms with E-state index in [9.17, 15) is 38.7 Å². The van der Waals surface area contributed by atoms with Gasteiger partial charge in [0.2, 0.25) is 17.6 Å². The number of H-pyrrole nitrogens is 1. The van der Waals surface area contributed by atoms with E-state index in [1.165, 1.54) is 35.6 Å². The van der Waals surface area contributed by atoms with E-state index in [2.05, 4.69) is 35.9 Å². The molecule has 19 nitrogen and oxygen atoms in total. The first-order valence-corrected chi connectivity index (χ1v) is 22.6. The van der Waals surface area contributed by atoms with Crippen LogP contribution in [-0.4, -0.2) is 133 Å². The van der Waals surface area contributed by atoms with Gasteiger partial charge in [-0.15, -0.1) is 0 Å². The standard InChI is InChI=1S/C41H47N9O10S2/c1-20(51)18-60-35-29-31(50-17-26-34(47-26)41(35,50)59-3)32(53)21(2)25(33(29)54)6-5-15-61-62-19-27(39(57)58)46-28(52)7-4-14-43-37(55)23-11-8-22(9-12-23)10-13-24-16-44-36-30(45-24)38(56)49-40(42)48-36/h8-9,11-12,16,26-27,34-35,47H,4-7,10,13-15,17-19H2,1-3H3,(H,43,55)(H,46,52)(H,57,58)(H3,42,44,48,49,56)/t26-,27+,34-,35+,41-/m0/s1. The Bertz CT molecular complexity index is 2440. The number of carbonyl (C=O) groups excluding carboxylic acids is 5. The van der Waals surface area contributed by atoms with Gasteiger partial charge < -0.3 is 41.2 Å². The summed E-state index contributed by atoms with van der Waals surface area (Å²) >= 11 is 0.